The van der Waals surface area contributed by atoms with Gasteiger partial charge in [0, 0.05) is 14.1 Å². The maximum Gasteiger partial charge on any atom is 0.332 e. The van der Waals surface area contributed by atoms with E-state index in [1.54, 1.807) is 19.0 Å². The molecule has 0 spiro atoms. The van der Waals surface area contributed by atoms with Crippen molar-refractivity contribution in [1.29, 1.82) is 0 Å². The van der Waals surface area contributed by atoms with Gasteiger partial charge in [-0.2, -0.15) is 0 Å². The average Bonchev–Trinajstić information content (AvgIpc) is 3.03. The van der Waals surface area contributed by atoms with E-state index in [1.807, 2.05) is 6.92 Å². The van der Waals surface area contributed by atoms with Gasteiger partial charge in [0.05, 0.1) is 13.2 Å². The first kappa shape index (κ1) is 12.6. The maximum atomic E-state index is 12.3. The molecule has 1 atom stereocenters. The first-order valence-corrected chi connectivity index (χ1v) is 6.28. The molecule has 3 rings (SSSR count). The van der Waals surface area contributed by atoms with E-state index in [1.165, 1.54) is 4.57 Å². The fraction of sp³-hybridized carbons (Fsp3) is 0.545. The number of rotatable bonds is 2. The summed E-state index contributed by atoms with van der Waals surface area (Å²) in [5.74, 6) is 1.06. The van der Waals surface area contributed by atoms with Crippen molar-refractivity contribution in [1.82, 2.24) is 14.0 Å². The molecule has 0 radical (unpaired) electrons. The van der Waals surface area contributed by atoms with Crippen LogP contribution in [0, 0.1) is 0 Å². The second-order valence-electron chi connectivity index (χ2n) is 4.81. The number of likely N-dealkylation sites (N-methyl/N-ethyl adjacent to an activating group) is 1. The molecule has 0 bridgehead atoms. The summed E-state index contributed by atoms with van der Waals surface area (Å²) in [5.41, 5.74) is -0.341. The zero-order valence-corrected chi connectivity index (χ0v) is 11.5. The van der Waals surface area contributed by atoms with E-state index in [0.29, 0.717) is 24.0 Å². The molecule has 1 aromatic heterocycles. The summed E-state index contributed by atoms with van der Waals surface area (Å²) in [4.78, 5) is 31.5. The van der Waals surface area contributed by atoms with Crippen LogP contribution in [0.5, 0.6) is 0 Å². The molecular weight excluding hydrogens is 264 g/mol. The molecule has 0 aromatic carbocycles. The number of oxime groups is 1. The highest BCUT2D eigenvalue weighted by Crippen LogP contribution is 2.18. The molecular formula is C11H16N6O3. The van der Waals surface area contributed by atoms with Crippen molar-refractivity contribution in [3.63, 3.8) is 0 Å². The minimum absolute atomic E-state index is 0.0846. The van der Waals surface area contributed by atoms with E-state index in [2.05, 4.69) is 15.8 Å². The maximum absolute atomic E-state index is 12.3. The van der Waals surface area contributed by atoms with Crippen molar-refractivity contribution in [2.45, 2.75) is 19.7 Å². The fourth-order valence-corrected chi connectivity index (χ4v) is 2.25. The highest BCUT2D eigenvalue weighted by molar-refractivity contribution is 5.82. The Bertz CT molecular complexity index is 703. The Morgan fingerprint density at radius 3 is 2.75 bits per heavy atom. The first-order chi connectivity index (χ1) is 9.50. The van der Waals surface area contributed by atoms with Gasteiger partial charge in [-0.15, -0.1) is 0 Å². The van der Waals surface area contributed by atoms with Gasteiger partial charge in [0.25, 0.3) is 5.56 Å². The Hall–Kier alpha value is -2.45. The van der Waals surface area contributed by atoms with Crippen LogP contribution in [0.4, 0.5) is 11.5 Å². The molecule has 2 N–H and O–H groups in total. The predicted octanol–water partition coefficient (Wildman–Crippen LogP) is -1.04. The van der Waals surface area contributed by atoms with Crippen molar-refractivity contribution in [3.05, 3.63) is 20.8 Å². The van der Waals surface area contributed by atoms with Crippen LogP contribution in [-0.4, -0.2) is 39.8 Å². The fourth-order valence-electron chi connectivity index (χ4n) is 2.25. The minimum atomic E-state index is -0.388. The standard InChI is InChI=1S/C11H16N6O3/c1-6-15(2)7(14-20-6)4-17-10(18)8-9(13-5-12-8)16(3)11(17)19/h6,12-13H,4-5H2,1-3H3. The van der Waals surface area contributed by atoms with Crippen LogP contribution in [0.2, 0.25) is 0 Å². The quantitative estimate of drug-likeness (QED) is 0.719. The van der Waals surface area contributed by atoms with Gasteiger partial charge in [0.15, 0.2) is 12.1 Å². The SMILES string of the molecule is CC1ON=C(Cn2c(=O)c3c(n(C)c2=O)NCN3)N1C. The lowest BCUT2D eigenvalue weighted by molar-refractivity contribution is 0.0352. The van der Waals surface area contributed by atoms with Crippen molar-refractivity contribution < 1.29 is 4.84 Å². The number of hydrogen-bond acceptors (Lipinski definition) is 7. The number of aromatic nitrogens is 2. The highest BCUT2D eigenvalue weighted by atomic mass is 16.7. The average molecular weight is 280 g/mol. The van der Waals surface area contributed by atoms with Gasteiger partial charge >= 0.3 is 5.69 Å². The Balaban J connectivity index is 2.06. The smallest absolute Gasteiger partial charge is 0.332 e. The third-order valence-corrected chi connectivity index (χ3v) is 3.63. The van der Waals surface area contributed by atoms with E-state index in [4.69, 9.17) is 4.84 Å². The van der Waals surface area contributed by atoms with Crippen LogP contribution < -0.4 is 21.9 Å². The van der Waals surface area contributed by atoms with E-state index in [-0.39, 0.29) is 24.0 Å². The Kier molecular flexibility index (Phi) is 2.70. The monoisotopic (exact) mass is 280 g/mol. The molecule has 108 valence electrons. The molecule has 3 heterocycles. The molecule has 9 nitrogen and oxygen atoms in total. The van der Waals surface area contributed by atoms with E-state index < -0.39 is 0 Å². The van der Waals surface area contributed by atoms with Gasteiger partial charge in [-0.1, -0.05) is 5.16 Å². The zero-order chi connectivity index (χ0) is 14.4. The van der Waals surface area contributed by atoms with Gasteiger partial charge in [0.1, 0.15) is 11.5 Å². The highest BCUT2D eigenvalue weighted by Gasteiger charge is 2.26. The van der Waals surface area contributed by atoms with E-state index in [9.17, 15) is 9.59 Å². The van der Waals surface area contributed by atoms with Gasteiger partial charge in [0.2, 0.25) is 0 Å². The van der Waals surface area contributed by atoms with Crippen molar-refractivity contribution in [2.24, 2.45) is 12.2 Å². The number of anilines is 2. The van der Waals surface area contributed by atoms with Crippen LogP contribution in [0.25, 0.3) is 0 Å². The lowest BCUT2D eigenvalue weighted by Crippen LogP contribution is -2.43. The third-order valence-electron chi connectivity index (χ3n) is 3.63. The van der Waals surface area contributed by atoms with Crippen LogP contribution in [-0.2, 0) is 18.4 Å². The van der Waals surface area contributed by atoms with Gasteiger partial charge < -0.3 is 20.4 Å². The van der Waals surface area contributed by atoms with Crippen molar-refractivity contribution >= 4 is 17.3 Å². The Morgan fingerprint density at radius 1 is 1.35 bits per heavy atom. The van der Waals surface area contributed by atoms with Gasteiger partial charge in [-0.05, 0) is 6.92 Å². The summed E-state index contributed by atoms with van der Waals surface area (Å²) in [5, 5.41) is 9.79. The molecule has 0 amide bonds. The summed E-state index contributed by atoms with van der Waals surface area (Å²) in [6.07, 6.45) is -0.196. The van der Waals surface area contributed by atoms with E-state index in [0.717, 1.165) is 4.57 Å². The van der Waals surface area contributed by atoms with Crippen LogP contribution in [0.15, 0.2) is 14.7 Å². The number of hydrogen-bond donors (Lipinski definition) is 2. The van der Waals surface area contributed by atoms with Crippen LogP contribution in [0.1, 0.15) is 6.92 Å². The molecule has 1 aromatic rings. The normalized spacial score (nSPS) is 20.1. The molecule has 2 aliphatic rings. The number of nitrogens with zero attached hydrogens (tertiary/aromatic N) is 4. The summed E-state index contributed by atoms with van der Waals surface area (Å²) < 4.78 is 2.56. The minimum Gasteiger partial charge on any atom is -0.369 e. The summed E-state index contributed by atoms with van der Waals surface area (Å²) in [6, 6.07) is 0. The Morgan fingerprint density at radius 2 is 2.10 bits per heavy atom. The molecule has 9 heteroatoms. The van der Waals surface area contributed by atoms with Gasteiger partial charge in [-0.3, -0.25) is 13.9 Å². The van der Waals surface area contributed by atoms with Gasteiger partial charge in [-0.25, -0.2) is 4.79 Å². The molecule has 0 saturated heterocycles. The van der Waals surface area contributed by atoms with Crippen molar-refractivity contribution in [3.8, 4) is 0 Å². The van der Waals surface area contributed by atoms with Crippen LogP contribution in [0.3, 0.4) is 0 Å². The Labute approximate surface area is 114 Å². The lowest BCUT2D eigenvalue weighted by atomic mass is 10.4. The number of amidine groups is 1. The lowest BCUT2D eigenvalue weighted by Gasteiger charge is -2.17. The zero-order valence-electron chi connectivity index (χ0n) is 11.5. The molecule has 20 heavy (non-hydrogen) atoms. The summed E-state index contributed by atoms with van der Waals surface area (Å²) in [6.45, 7) is 2.36. The van der Waals surface area contributed by atoms with Crippen molar-refractivity contribution in [2.75, 3.05) is 24.3 Å². The predicted molar refractivity (Wildman–Crippen MR) is 73.8 cm³/mol. The largest absolute Gasteiger partial charge is 0.369 e. The molecule has 0 aliphatic carbocycles. The molecule has 2 aliphatic heterocycles. The topological polar surface area (TPSA) is 92.9 Å². The summed E-state index contributed by atoms with van der Waals surface area (Å²) >= 11 is 0. The van der Waals surface area contributed by atoms with Crippen LogP contribution >= 0.6 is 0 Å². The second-order valence-corrected chi connectivity index (χ2v) is 4.81. The number of fused-ring (bicyclic) bond motifs is 1. The molecule has 1 unspecified atom stereocenters. The second kappa shape index (κ2) is 4.29. The first-order valence-electron chi connectivity index (χ1n) is 6.28. The van der Waals surface area contributed by atoms with E-state index >= 15 is 0 Å². The molecule has 0 fully saturated rings. The summed E-state index contributed by atoms with van der Waals surface area (Å²) in [7, 11) is 3.43. The third kappa shape index (κ3) is 1.66. The number of nitrogens with one attached hydrogen (secondary N) is 2. The molecule has 0 saturated carbocycles.